The van der Waals surface area contributed by atoms with Gasteiger partial charge in [0.2, 0.25) is 11.9 Å². The van der Waals surface area contributed by atoms with Crippen LogP contribution in [0.5, 0.6) is 0 Å². The summed E-state index contributed by atoms with van der Waals surface area (Å²) >= 11 is 6.37. The highest BCUT2D eigenvalue weighted by Gasteiger charge is 2.47. The van der Waals surface area contributed by atoms with Gasteiger partial charge in [-0.3, -0.25) is 9.48 Å². The third-order valence-electron chi connectivity index (χ3n) is 6.60. The Kier molecular flexibility index (Phi) is 5.07. The molecule has 1 aliphatic carbocycles. The molecule has 0 bridgehead atoms. The predicted molar refractivity (Wildman–Crippen MR) is 127 cm³/mol. The van der Waals surface area contributed by atoms with Crippen LogP contribution in [-0.2, 0) is 16.8 Å². The lowest BCUT2D eigenvalue weighted by atomic mass is 9.80. The highest BCUT2D eigenvalue weighted by Crippen LogP contribution is 2.49. The summed E-state index contributed by atoms with van der Waals surface area (Å²) in [7, 11) is 0. The summed E-state index contributed by atoms with van der Waals surface area (Å²) in [5.74, 6) is -1.13. The van der Waals surface area contributed by atoms with Gasteiger partial charge < -0.3 is 5.32 Å². The van der Waals surface area contributed by atoms with Crippen molar-refractivity contribution < 1.29 is 9.18 Å². The van der Waals surface area contributed by atoms with Crippen molar-refractivity contribution in [2.24, 2.45) is 0 Å². The van der Waals surface area contributed by atoms with Crippen molar-refractivity contribution >= 4 is 28.8 Å². The second-order valence-electron chi connectivity index (χ2n) is 8.81. The van der Waals surface area contributed by atoms with Crippen molar-refractivity contribution in [3.63, 3.8) is 0 Å². The molecule has 0 radical (unpaired) electrons. The largest absolute Gasteiger partial charge is 0.324 e. The number of rotatable bonds is 5. The van der Waals surface area contributed by atoms with Gasteiger partial charge in [-0.15, -0.1) is 9.90 Å². The first-order valence-electron chi connectivity index (χ1n) is 11.3. The fraction of sp³-hybridized carbons (Fsp3) is 0.261. The Bertz CT molecular complexity index is 1610. The number of halogens is 2. The van der Waals surface area contributed by atoms with Crippen LogP contribution in [0.2, 0.25) is 5.02 Å². The molecule has 182 valence electrons. The fourth-order valence-corrected chi connectivity index (χ4v) is 5.09. The van der Waals surface area contributed by atoms with Crippen molar-refractivity contribution in [2.75, 3.05) is 5.32 Å². The molecule has 1 aliphatic rings. The molecule has 5 aromatic heterocycles. The lowest BCUT2D eigenvalue weighted by Crippen LogP contribution is -2.25. The average molecular weight is 507 g/mol. The maximum absolute atomic E-state index is 14.1. The maximum Gasteiger partial charge on any atom is 0.235 e. The molecule has 0 unspecified atom stereocenters. The molecule has 1 N–H and O–H groups in total. The van der Waals surface area contributed by atoms with Gasteiger partial charge >= 0.3 is 0 Å². The number of hydrogen-bond donors (Lipinski definition) is 1. The van der Waals surface area contributed by atoms with Gasteiger partial charge in [-0.05, 0) is 26.3 Å². The van der Waals surface area contributed by atoms with Crippen LogP contribution in [0.3, 0.4) is 0 Å². The molecule has 2 atom stereocenters. The minimum atomic E-state index is -0.657. The van der Waals surface area contributed by atoms with Gasteiger partial charge in [0, 0.05) is 41.5 Å². The molecule has 36 heavy (non-hydrogen) atoms. The van der Waals surface area contributed by atoms with E-state index in [0.717, 1.165) is 5.56 Å². The summed E-state index contributed by atoms with van der Waals surface area (Å²) in [6, 6.07) is 2.86. The van der Waals surface area contributed by atoms with Gasteiger partial charge in [-0.25, -0.2) is 14.5 Å². The average Bonchev–Trinajstić information content (AvgIpc) is 3.64. The van der Waals surface area contributed by atoms with Gasteiger partial charge in [0.25, 0.3) is 0 Å². The quantitative estimate of drug-likeness (QED) is 0.388. The Labute approximate surface area is 208 Å². The van der Waals surface area contributed by atoms with Gasteiger partial charge in [0.15, 0.2) is 11.5 Å². The van der Waals surface area contributed by atoms with E-state index in [0.29, 0.717) is 41.4 Å². The Hall–Kier alpha value is -4.19. The lowest BCUT2D eigenvalue weighted by molar-refractivity contribution is -0.117. The summed E-state index contributed by atoms with van der Waals surface area (Å²) < 4.78 is 17.4. The van der Waals surface area contributed by atoms with E-state index in [1.165, 1.54) is 34.0 Å². The lowest BCUT2D eigenvalue weighted by Gasteiger charge is -2.24. The number of fused-ring (bicyclic) bond motifs is 3. The van der Waals surface area contributed by atoms with E-state index in [1.54, 1.807) is 18.5 Å². The van der Waals surface area contributed by atoms with Crippen LogP contribution in [0, 0.1) is 5.95 Å². The monoisotopic (exact) mass is 506 g/mol. The predicted octanol–water partition coefficient (Wildman–Crippen LogP) is 3.15. The summed E-state index contributed by atoms with van der Waals surface area (Å²) in [6.45, 7) is 4.71. The molecule has 0 fully saturated rings. The van der Waals surface area contributed by atoms with Gasteiger partial charge in [0.1, 0.15) is 0 Å². The first kappa shape index (κ1) is 22.3. The zero-order chi connectivity index (χ0) is 25.0. The number of hydrogen-bond acceptors (Lipinski definition) is 7. The first-order valence-corrected chi connectivity index (χ1v) is 11.7. The van der Waals surface area contributed by atoms with E-state index in [4.69, 9.17) is 11.6 Å². The molecule has 5 heterocycles. The summed E-state index contributed by atoms with van der Waals surface area (Å²) in [5.41, 5.74) is 2.43. The van der Waals surface area contributed by atoms with Crippen LogP contribution < -0.4 is 5.32 Å². The highest BCUT2D eigenvalue weighted by molar-refractivity contribution is 6.32. The van der Waals surface area contributed by atoms with Crippen LogP contribution in [-0.4, -0.2) is 50.3 Å². The number of nitrogens with zero attached hydrogens (tertiary/aromatic N) is 9. The fourth-order valence-electron chi connectivity index (χ4n) is 4.85. The molecule has 0 aromatic carbocycles. The van der Waals surface area contributed by atoms with Gasteiger partial charge in [-0.2, -0.15) is 19.7 Å². The van der Waals surface area contributed by atoms with Crippen molar-refractivity contribution in [3.05, 3.63) is 77.1 Å². The zero-order valence-electron chi connectivity index (χ0n) is 19.3. The minimum Gasteiger partial charge on any atom is -0.324 e. The van der Waals surface area contributed by atoms with E-state index in [2.05, 4.69) is 35.7 Å². The molecule has 6 rings (SSSR count). The van der Waals surface area contributed by atoms with E-state index < -0.39 is 17.3 Å². The van der Waals surface area contributed by atoms with Crippen LogP contribution in [0.1, 0.15) is 43.0 Å². The number of amides is 1. The normalized spacial score (nSPS) is 19.1. The third-order valence-corrected chi connectivity index (χ3v) is 6.88. The number of nitrogens with one attached hydrogen (secondary N) is 1. The number of aryl methyl sites for hydroxylation is 1. The van der Waals surface area contributed by atoms with E-state index in [-0.39, 0.29) is 10.9 Å². The Morgan fingerprint density at radius 3 is 2.72 bits per heavy atom. The standard InChI is InChI=1S/C23H20ClFN10O/c1-3-33-12-13(9-30-33)23(2)8-15(16-11-26-19-7-18(25)32-34(19)20(16)23)22(36)31-14-6-17(24)21(27-10-14)35-28-4-5-29-35/h4-7,9-12,15H,3,8H2,1-2H3,(H,31,36)/t15-,23-/m1/s1. The Morgan fingerprint density at radius 2 is 2.00 bits per heavy atom. The molecule has 0 aliphatic heterocycles. The van der Waals surface area contributed by atoms with E-state index >= 15 is 0 Å². The smallest absolute Gasteiger partial charge is 0.235 e. The zero-order valence-corrected chi connectivity index (χ0v) is 20.1. The van der Waals surface area contributed by atoms with Crippen LogP contribution >= 0.6 is 11.6 Å². The first-order chi connectivity index (χ1) is 17.4. The minimum absolute atomic E-state index is 0.264. The SMILES string of the molecule is CCn1cc([C@@]2(C)C[C@@H](C(=O)Nc3cnc(-n4nccn4)c(Cl)c3)c3cnc4cc(F)nn4c32)cn1. The number of aromatic nitrogens is 9. The Balaban J connectivity index is 1.38. The van der Waals surface area contributed by atoms with Crippen molar-refractivity contribution in [1.29, 1.82) is 0 Å². The molecule has 11 nitrogen and oxygen atoms in total. The molecule has 0 saturated heterocycles. The van der Waals surface area contributed by atoms with Crippen LogP contribution in [0.15, 0.2) is 49.3 Å². The van der Waals surface area contributed by atoms with E-state index in [9.17, 15) is 9.18 Å². The second-order valence-corrected chi connectivity index (χ2v) is 9.22. The second kappa shape index (κ2) is 8.19. The van der Waals surface area contributed by atoms with Gasteiger partial charge in [0.05, 0.1) is 47.1 Å². The maximum atomic E-state index is 14.1. The number of pyridine rings is 1. The van der Waals surface area contributed by atoms with Crippen LogP contribution in [0.25, 0.3) is 11.5 Å². The summed E-state index contributed by atoms with van der Waals surface area (Å²) in [4.78, 5) is 23.5. The molecular weight excluding hydrogens is 487 g/mol. The van der Waals surface area contributed by atoms with Crippen LogP contribution in [0.4, 0.5) is 10.1 Å². The van der Waals surface area contributed by atoms with Crippen molar-refractivity contribution in [2.45, 2.75) is 38.1 Å². The number of carbonyl (C=O) groups is 1. The number of carbonyl (C=O) groups excluding carboxylic acids is 1. The molecule has 1 amide bonds. The topological polar surface area (TPSA) is 121 Å². The van der Waals surface area contributed by atoms with Crippen molar-refractivity contribution in [1.82, 2.24) is 44.4 Å². The molecule has 13 heteroatoms. The molecule has 0 spiro atoms. The van der Waals surface area contributed by atoms with Gasteiger partial charge in [-0.1, -0.05) is 11.6 Å². The molecule has 5 aromatic rings. The molecular formula is C23H20ClFN10O. The Morgan fingerprint density at radius 1 is 1.19 bits per heavy atom. The van der Waals surface area contributed by atoms with E-state index in [1.807, 2.05) is 24.7 Å². The molecule has 0 saturated carbocycles. The summed E-state index contributed by atoms with van der Waals surface area (Å²) in [5, 5.41) is 19.7. The van der Waals surface area contributed by atoms with Crippen molar-refractivity contribution in [3.8, 4) is 5.82 Å². The third kappa shape index (κ3) is 3.44. The highest BCUT2D eigenvalue weighted by atomic mass is 35.5. The number of anilines is 1. The summed E-state index contributed by atoms with van der Waals surface area (Å²) in [6.07, 6.45) is 10.3.